The molecule has 1 amide bonds. The lowest BCUT2D eigenvalue weighted by Gasteiger charge is -2.36. The van der Waals surface area contributed by atoms with Gasteiger partial charge in [0.2, 0.25) is 5.91 Å². The number of ether oxygens (including phenoxy) is 1. The van der Waals surface area contributed by atoms with E-state index in [0.29, 0.717) is 11.8 Å². The number of carbonyl (C=O) groups is 1. The van der Waals surface area contributed by atoms with Crippen molar-refractivity contribution < 1.29 is 9.53 Å². The molecular weight excluding hydrogens is 240 g/mol. The van der Waals surface area contributed by atoms with E-state index in [9.17, 15) is 4.79 Å². The summed E-state index contributed by atoms with van der Waals surface area (Å²) in [5, 5.41) is 0. The van der Waals surface area contributed by atoms with E-state index in [4.69, 9.17) is 10.5 Å². The van der Waals surface area contributed by atoms with Gasteiger partial charge in [-0.25, -0.2) is 0 Å². The Balaban J connectivity index is 1.86. The fourth-order valence-corrected chi connectivity index (χ4v) is 3.44. The molecular formula is C15H28N2O2. The summed E-state index contributed by atoms with van der Waals surface area (Å²) in [7, 11) is 1.92. The maximum atomic E-state index is 12.5. The third kappa shape index (κ3) is 3.69. The van der Waals surface area contributed by atoms with Crippen LogP contribution < -0.4 is 5.73 Å². The molecule has 1 aliphatic carbocycles. The molecule has 4 heteroatoms. The van der Waals surface area contributed by atoms with Crippen molar-refractivity contribution in [2.24, 2.45) is 23.5 Å². The van der Waals surface area contributed by atoms with E-state index in [0.717, 1.165) is 45.4 Å². The number of hydrogen-bond acceptors (Lipinski definition) is 3. The molecule has 0 aromatic rings. The third-order valence-electron chi connectivity index (χ3n) is 4.78. The fraction of sp³-hybridized carbons (Fsp3) is 0.933. The zero-order valence-electron chi connectivity index (χ0n) is 12.3. The lowest BCUT2D eigenvalue weighted by atomic mass is 9.77. The Labute approximate surface area is 116 Å². The van der Waals surface area contributed by atoms with Crippen LogP contribution in [0.3, 0.4) is 0 Å². The van der Waals surface area contributed by atoms with Crippen LogP contribution in [0.5, 0.6) is 0 Å². The Hall–Kier alpha value is -0.610. The Morgan fingerprint density at radius 3 is 2.79 bits per heavy atom. The van der Waals surface area contributed by atoms with Crippen molar-refractivity contribution in [2.75, 3.05) is 26.8 Å². The first kappa shape index (κ1) is 14.8. The SMILES string of the molecule is CC1CCCC(C(=O)N(C)CC2CCCOC2)C1N. The molecule has 0 aromatic carbocycles. The molecule has 2 aliphatic rings. The van der Waals surface area contributed by atoms with Gasteiger partial charge in [-0.2, -0.15) is 0 Å². The molecule has 2 fully saturated rings. The first-order valence-corrected chi connectivity index (χ1v) is 7.68. The molecule has 0 spiro atoms. The van der Waals surface area contributed by atoms with Gasteiger partial charge in [-0.15, -0.1) is 0 Å². The molecule has 4 unspecified atom stereocenters. The van der Waals surface area contributed by atoms with Crippen LogP contribution in [-0.4, -0.2) is 43.7 Å². The van der Waals surface area contributed by atoms with Gasteiger partial charge in [-0.05, 0) is 37.5 Å². The van der Waals surface area contributed by atoms with Crippen LogP contribution in [0.25, 0.3) is 0 Å². The largest absolute Gasteiger partial charge is 0.381 e. The Morgan fingerprint density at radius 1 is 1.32 bits per heavy atom. The predicted octanol–water partition coefficient (Wildman–Crippen LogP) is 1.63. The molecule has 4 nitrogen and oxygen atoms in total. The van der Waals surface area contributed by atoms with Crippen LogP contribution in [-0.2, 0) is 9.53 Å². The molecule has 0 aromatic heterocycles. The Bertz CT molecular complexity index is 303. The molecule has 2 N–H and O–H groups in total. The van der Waals surface area contributed by atoms with Crippen molar-refractivity contribution in [3.63, 3.8) is 0 Å². The summed E-state index contributed by atoms with van der Waals surface area (Å²) >= 11 is 0. The molecule has 4 atom stereocenters. The van der Waals surface area contributed by atoms with E-state index in [2.05, 4.69) is 6.92 Å². The van der Waals surface area contributed by atoms with Gasteiger partial charge in [0.1, 0.15) is 0 Å². The molecule has 19 heavy (non-hydrogen) atoms. The van der Waals surface area contributed by atoms with Gasteiger partial charge >= 0.3 is 0 Å². The van der Waals surface area contributed by atoms with E-state index in [-0.39, 0.29) is 17.9 Å². The van der Waals surface area contributed by atoms with Crippen molar-refractivity contribution in [3.8, 4) is 0 Å². The highest BCUT2D eigenvalue weighted by atomic mass is 16.5. The number of hydrogen-bond donors (Lipinski definition) is 1. The summed E-state index contributed by atoms with van der Waals surface area (Å²) in [6.45, 7) is 4.65. The Kier molecular flexibility index (Phi) is 5.22. The highest BCUT2D eigenvalue weighted by Crippen LogP contribution is 2.29. The van der Waals surface area contributed by atoms with E-state index in [1.54, 1.807) is 0 Å². The molecule has 1 saturated carbocycles. The minimum absolute atomic E-state index is 0.0262. The van der Waals surface area contributed by atoms with Crippen LogP contribution >= 0.6 is 0 Å². The normalized spacial score (nSPS) is 35.9. The molecule has 2 rings (SSSR count). The number of carbonyl (C=O) groups excluding carboxylic acids is 1. The van der Waals surface area contributed by atoms with Crippen LogP contribution in [0, 0.1) is 17.8 Å². The van der Waals surface area contributed by atoms with Gasteiger partial charge in [-0.1, -0.05) is 13.3 Å². The first-order valence-electron chi connectivity index (χ1n) is 7.68. The molecule has 0 radical (unpaired) electrons. The lowest BCUT2D eigenvalue weighted by molar-refractivity contribution is -0.137. The van der Waals surface area contributed by atoms with E-state index in [1.165, 1.54) is 6.42 Å². The van der Waals surface area contributed by atoms with Gasteiger partial charge in [0.05, 0.1) is 12.5 Å². The quantitative estimate of drug-likeness (QED) is 0.846. The molecule has 0 bridgehead atoms. The number of rotatable bonds is 3. The highest BCUT2D eigenvalue weighted by molar-refractivity contribution is 5.79. The Morgan fingerprint density at radius 2 is 2.11 bits per heavy atom. The predicted molar refractivity (Wildman–Crippen MR) is 75.7 cm³/mol. The van der Waals surface area contributed by atoms with E-state index in [1.807, 2.05) is 11.9 Å². The van der Waals surface area contributed by atoms with Gasteiger partial charge < -0.3 is 15.4 Å². The second kappa shape index (κ2) is 6.71. The maximum absolute atomic E-state index is 12.5. The summed E-state index contributed by atoms with van der Waals surface area (Å²) < 4.78 is 5.48. The molecule has 1 heterocycles. The van der Waals surface area contributed by atoms with Crippen molar-refractivity contribution in [2.45, 2.75) is 45.1 Å². The summed E-state index contributed by atoms with van der Waals surface area (Å²) in [5.74, 6) is 1.23. The van der Waals surface area contributed by atoms with Crippen LogP contribution in [0.4, 0.5) is 0 Å². The monoisotopic (exact) mass is 268 g/mol. The average Bonchev–Trinajstić information content (AvgIpc) is 2.42. The van der Waals surface area contributed by atoms with Gasteiger partial charge in [0.25, 0.3) is 0 Å². The number of amides is 1. The van der Waals surface area contributed by atoms with Crippen molar-refractivity contribution in [1.29, 1.82) is 0 Å². The third-order valence-corrected chi connectivity index (χ3v) is 4.78. The summed E-state index contributed by atoms with van der Waals surface area (Å²) in [4.78, 5) is 14.4. The zero-order chi connectivity index (χ0) is 13.8. The zero-order valence-corrected chi connectivity index (χ0v) is 12.3. The van der Waals surface area contributed by atoms with Crippen LogP contribution in [0.15, 0.2) is 0 Å². The van der Waals surface area contributed by atoms with Crippen molar-refractivity contribution in [1.82, 2.24) is 4.90 Å². The number of nitrogens with two attached hydrogens (primary N) is 1. The van der Waals surface area contributed by atoms with Crippen molar-refractivity contribution in [3.05, 3.63) is 0 Å². The van der Waals surface area contributed by atoms with E-state index < -0.39 is 0 Å². The standard InChI is InChI=1S/C15H28N2O2/c1-11-5-3-7-13(14(11)16)15(18)17(2)9-12-6-4-8-19-10-12/h11-14H,3-10,16H2,1-2H3. The molecule has 110 valence electrons. The minimum Gasteiger partial charge on any atom is -0.381 e. The summed E-state index contributed by atoms with van der Waals surface area (Å²) in [6.07, 6.45) is 5.53. The fourth-order valence-electron chi connectivity index (χ4n) is 3.44. The number of nitrogens with zero attached hydrogens (tertiary/aromatic N) is 1. The van der Waals surface area contributed by atoms with Gasteiger partial charge in [-0.3, -0.25) is 4.79 Å². The van der Waals surface area contributed by atoms with Crippen LogP contribution in [0.1, 0.15) is 39.0 Å². The highest BCUT2D eigenvalue weighted by Gasteiger charge is 2.34. The molecule has 1 saturated heterocycles. The summed E-state index contributed by atoms with van der Waals surface area (Å²) in [6, 6.07) is 0.0336. The summed E-state index contributed by atoms with van der Waals surface area (Å²) in [5.41, 5.74) is 6.22. The van der Waals surface area contributed by atoms with Crippen molar-refractivity contribution >= 4 is 5.91 Å². The average molecular weight is 268 g/mol. The minimum atomic E-state index is 0.0262. The lowest BCUT2D eigenvalue weighted by Crippen LogP contribution is -2.49. The smallest absolute Gasteiger partial charge is 0.227 e. The first-order chi connectivity index (χ1) is 9.09. The van der Waals surface area contributed by atoms with Gasteiger partial charge in [0.15, 0.2) is 0 Å². The molecule has 1 aliphatic heterocycles. The second-order valence-electron chi connectivity index (χ2n) is 6.39. The van der Waals surface area contributed by atoms with Crippen LogP contribution in [0.2, 0.25) is 0 Å². The second-order valence-corrected chi connectivity index (χ2v) is 6.39. The van der Waals surface area contributed by atoms with E-state index >= 15 is 0 Å². The van der Waals surface area contributed by atoms with Gasteiger partial charge in [0, 0.05) is 26.2 Å². The topological polar surface area (TPSA) is 55.6 Å². The maximum Gasteiger partial charge on any atom is 0.227 e.